The third-order valence-electron chi connectivity index (χ3n) is 4.75. The number of hydrogen-bond donors (Lipinski definition) is 0. The van der Waals surface area contributed by atoms with Crippen LogP contribution in [0.15, 0.2) is 36.4 Å². The predicted octanol–water partition coefficient (Wildman–Crippen LogP) is 3.28. The zero-order valence-corrected chi connectivity index (χ0v) is 17.3. The fraction of sp³-hybridized carbons (Fsp3) is 0.350. The molecule has 6 nitrogen and oxygen atoms in total. The van der Waals surface area contributed by atoms with Crippen molar-refractivity contribution in [1.29, 1.82) is 0 Å². The van der Waals surface area contributed by atoms with Crippen LogP contribution >= 0.6 is 22.9 Å². The quantitative estimate of drug-likeness (QED) is 0.548. The molecule has 1 amide bonds. The molecule has 8 heteroatoms. The monoisotopic (exact) mass is 420 g/mol. The zero-order valence-electron chi connectivity index (χ0n) is 15.7. The van der Waals surface area contributed by atoms with Gasteiger partial charge in [-0.2, -0.15) is 0 Å². The van der Waals surface area contributed by atoms with Gasteiger partial charge in [0.2, 0.25) is 0 Å². The maximum atomic E-state index is 12.7. The lowest BCUT2D eigenvalue weighted by molar-refractivity contribution is -0.148. The van der Waals surface area contributed by atoms with E-state index in [1.807, 2.05) is 23.1 Å². The van der Waals surface area contributed by atoms with E-state index < -0.39 is 6.04 Å². The summed E-state index contributed by atoms with van der Waals surface area (Å²) in [6.07, 6.45) is 0. The van der Waals surface area contributed by atoms with Crippen molar-refractivity contribution in [1.82, 2.24) is 9.80 Å². The van der Waals surface area contributed by atoms with E-state index in [2.05, 4.69) is 0 Å². The number of thiophene rings is 1. The third-order valence-corrected chi connectivity index (χ3v) is 6.27. The molecule has 1 aromatic carbocycles. The van der Waals surface area contributed by atoms with Crippen molar-refractivity contribution in [2.24, 2.45) is 0 Å². The van der Waals surface area contributed by atoms with E-state index in [-0.39, 0.29) is 17.7 Å². The summed E-state index contributed by atoms with van der Waals surface area (Å²) in [5.74, 6) is -0.517. The fourth-order valence-electron chi connectivity index (χ4n) is 3.26. The van der Waals surface area contributed by atoms with Crippen LogP contribution in [0.1, 0.15) is 37.9 Å². The molecular weight excluding hydrogens is 400 g/mol. The number of carbonyl (C=O) groups is 3. The van der Waals surface area contributed by atoms with Crippen LogP contribution in [0.25, 0.3) is 0 Å². The van der Waals surface area contributed by atoms with Crippen LogP contribution in [0, 0.1) is 0 Å². The van der Waals surface area contributed by atoms with E-state index in [0.717, 1.165) is 0 Å². The number of Topliss-reactive ketones (excluding diaryl/α,β-unsaturated/α-hetero) is 1. The van der Waals surface area contributed by atoms with E-state index >= 15 is 0 Å². The second kappa shape index (κ2) is 8.86. The van der Waals surface area contributed by atoms with Gasteiger partial charge in [0.15, 0.2) is 5.78 Å². The van der Waals surface area contributed by atoms with E-state index in [9.17, 15) is 14.4 Å². The van der Waals surface area contributed by atoms with Crippen molar-refractivity contribution in [2.45, 2.75) is 13.0 Å². The molecule has 1 atom stereocenters. The Labute approximate surface area is 172 Å². The van der Waals surface area contributed by atoms with Gasteiger partial charge in [-0.3, -0.25) is 14.5 Å². The molecule has 1 aliphatic heterocycles. The van der Waals surface area contributed by atoms with Gasteiger partial charge < -0.3 is 9.64 Å². The smallest absolute Gasteiger partial charge is 0.327 e. The molecule has 0 bridgehead atoms. The number of carbonyl (C=O) groups excluding carboxylic acids is 3. The van der Waals surface area contributed by atoms with Crippen LogP contribution in [0.3, 0.4) is 0 Å². The first-order chi connectivity index (χ1) is 13.4. The van der Waals surface area contributed by atoms with Crippen LogP contribution in [-0.2, 0) is 9.53 Å². The molecule has 0 spiro atoms. The maximum Gasteiger partial charge on any atom is 0.327 e. The van der Waals surface area contributed by atoms with Gasteiger partial charge in [0.1, 0.15) is 6.04 Å². The van der Waals surface area contributed by atoms with Gasteiger partial charge in [-0.1, -0.05) is 29.8 Å². The Bertz CT molecular complexity index is 890. The summed E-state index contributed by atoms with van der Waals surface area (Å²) < 4.78 is 4.99. The number of ketones is 1. The second-order valence-electron chi connectivity index (χ2n) is 6.50. The molecule has 1 aliphatic rings. The number of nitrogens with zero attached hydrogens (tertiary/aromatic N) is 2. The van der Waals surface area contributed by atoms with Crippen LogP contribution < -0.4 is 0 Å². The summed E-state index contributed by atoms with van der Waals surface area (Å²) in [5.41, 5.74) is 0.695. The lowest BCUT2D eigenvalue weighted by Crippen LogP contribution is -2.51. The van der Waals surface area contributed by atoms with E-state index in [0.29, 0.717) is 46.5 Å². The van der Waals surface area contributed by atoms with E-state index in [1.165, 1.54) is 25.4 Å². The van der Waals surface area contributed by atoms with Gasteiger partial charge in [0.25, 0.3) is 5.91 Å². The van der Waals surface area contributed by atoms with Gasteiger partial charge >= 0.3 is 5.97 Å². The molecule has 2 aromatic rings. The molecular formula is C20H21ClN2O4S. The van der Waals surface area contributed by atoms with Gasteiger partial charge in [0, 0.05) is 31.2 Å². The first kappa shape index (κ1) is 20.5. The molecule has 1 fully saturated rings. The van der Waals surface area contributed by atoms with Crippen LogP contribution in [0.2, 0.25) is 5.02 Å². The molecule has 2 heterocycles. The van der Waals surface area contributed by atoms with Crippen molar-refractivity contribution >= 4 is 40.6 Å². The highest BCUT2D eigenvalue weighted by Crippen LogP contribution is 2.30. The molecule has 1 aromatic heterocycles. The summed E-state index contributed by atoms with van der Waals surface area (Å²) in [7, 11) is 1.36. The number of piperazine rings is 1. The SMILES string of the molecule is COC(=O)[C@H](c1ccccc1Cl)N1CCN(C(=O)c2ccc(C(C)=O)s2)CC1. The van der Waals surface area contributed by atoms with E-state index in [1.54, 1.807) is 23.1 Å². The van der Waals surface area contributed by atoms with Gasteiger partial charge in [-0.15, -0.1) is 11.3 Å². The second-order valence-corrected chi connectivity index (χ2v) is 7.99. The topological polar surface area (TPSA) is 66.9 Å². The van der Waals surface area contributed by atoms with Gasteiger partial charge in [-0.05, 0) is 30.7 Å². The number of benzene rings is 1. The molecule has 0 radical (unpaired) electrons. The molecule has 3 rings (SSSR count). The normalized spacial score (nSPS) is 15.9. The predicted molar refractivity (Wildman–Crippen MR) is 108 cm³/mol. The summed E-state index contributed by atoms with van der Waals surface area (Å²) in [4.78, 5) is 41.5. The lowest BCUT2D eigenvalue weighted by atomic mass is 10.0. The third kappa shape index (κ3) is 4.27. The number of methoxy groups -OCH3 is 1. The molecule has 0 N–H and O–H groups in total. The molecule has 148 valence electrons. The Hall–Kier alpha value is -2.22. The minimum atomic E-state index is -0.609. The summed E-state index contributed by atoms with van der Waals surface area (Å²) in [6.45, 7) is 3.47. The Morgan fingerprint density at radius 1 is 1.04 bits per heavy atom. The number of ether oxygens (including phenoxy) is 1. The first-order valence-electron chi connectivity index (χ1n) is 8.88. The first-order valence-corrected chi connectivity index (χ1v) is 10.1. The minimum absolute atomic E-state index is 0.0467. The van der Waals surface area contributed by atoms with Crippen molar-refractivity contribution in [3.05, 3.63) is 56.7 Å². The molecule has 1 saturated heterocycles. The highest BCUT2D eigenvalue weighted by Gasteiger charge is 2.34. The fourth-order valence-corrected chi connectivity index (χ4v) is 4.37. The molecule has 0 saturated carbocycles. The Morgan fingerprint density at radius 3 is 2.25 bits per heavy atom. The number of rotatable bonds is 5. The number of esters is 1. The maximum absolute atomic E-state index is 12.7. The van der Waals surface area contributed by atoms with Crippen molar-refractivity contribution in [2.75, 3.05) is 33.3 Å². The number of amides is 1. The average molecular weight is 421 g/mol. The Balaban J connectivity index is 1.72. The number of halogens is 1. The summed E-state index contributed by atoms with van der Waals surface area (Å²) in [6, 6.07) is 9.97. The van der Waals surface area contributed by atoms with Crippen LogP contribution in [0.5, 0.6) is 0 Å². The highest BCUT2D eigenvalue weighted by atomic mass is 35.5. The summed E-state index contributed by atoms with van der Waals surface area (Å²) in [5, 5.41) is 0.506. The lowest BCUT2D eigenvalue weighted by Gasteiger charge is -2.38. The summed E-state index contributed by atoms with van der Waals surface area (Å²) >= 11 is 7.51. The van der Waals surface area contributed by atoms with Crippen LogP contribution in [0.4, 0.5) is 0 Å². The highest BCUT2D eigenvalue weighted by molar-refractivity contribution is 7.15. The van der Waals surface area contributed by atoms with Crippen LogP contribution in [-0.4, -0.2) is 60.7 Å². The van der Waals surface area contributed by atoms with Gasteiger partial charge in [-0.25, -0.2) is 4.79 Å². The van der Waals surface area contributed by atoms with Crippen molar-refractivity contribution in [3.8, 4) is 0 Å². The molecule has 0 unspecified atom stereocenters. The zero-order chi connectivity index (χ0) is 20.3. The standard InChI is InChI=1S/C20H21ClN2O4S/c1-13(24)16-7-8-17(28-16)19(25)23-11-9-22(10-12-23)18(20(26)27-2)14-5-3-4-6-15(14)21/h3-8,18H,9-12H2,1-2H3/t18-/m0/s1. The number of hydrogen-bond acceptors (Lipinski definition) is 6. The molecule has 0 aliphatic carbocycles. The van der Waals surface area contributed by atoms with E-state index in [4.69, 9.17) is 16.3 Å². The Morgan fingerprint density at radius 2 is 1.68 bits per heavy atom. The Kier molecular flexibility index (Phi) is 6.49. The largest absolute Gasteiger partial charge is 0.468 e. The average Bonchev–Trinajstić information content (AvgIpc) is 3.20. The minimum Gasteiger partial charge on any atom is -0.468 e. The van der Waals surface area contributed by atoms with Crippen molar-refractivity contribution < 1.29 is 19.1 Å². The van der Waals surface area contributed by atoms with Gasteiger partial charge in [0.05, 0.1) is 16.9 Å². The molecule has 28 heavy (non-hydrogen) atoms. The van der Waals surface area contributed by atoms with Crippen molar-refractivity contribution in [3.63, 3.8) is 0 Å².